The molecule has 0 saturated heterocycles. The highest BCUT2D eigenvalue weighted by molar-refractivity contribution is 7.15. The van der Waals surface area contributed by atoms with Gasteiger partial charge in [-0.2, -0.15) is 0 Å². The van der Waals surface area contributed by atoms with Crippen LogP contribution < -0.4 is 5.32 Å². The molecule has 1 aliphatic carbocycles. The molecule has 4 rings (SSSR count). The molecule has 0 fully saturated rings. The summed E-state index contributed by atoms with van der Waals surface area (Å²) in [6.07, 6.45) is 9.55. The van der Waals surface area contributed by atoms with Gasteiger partial charge in [-0.05, 0) is 49.1 Å². The maximum atomic E-state index is 12.5. The monoisotopic (exact) mass is 350 g/mol. The van der Waals surface area contributed by atoms with E-state index in [4.69, 9.17) is 4.98 Å². The average Bonchev–Trinajstić information content (AvgIpc) is 3.11. The van der Waals surface area contributed by atoms with E-state index in [9.17, 15) is 4.79 Å². The third-order valence-electron chi connectivity index (χ3n) is 4.45. The van der Waals surface area contributed by atoms with Crippen molar-refractivity contribution in [3.63, 3.8) is 0 Å². The molecule has 0 aromatic carbocycles. The van der Waals surface area contributed by atoms with Crippen LogP contribution in [0.25, 0.3) is 10.6 Å². The van der Waals surface area contributed by atoms with Crippen molar-refractivity contribution in [1.82, 2.24) is 20.3 Å². The van der Waals surface area contributed by atoms with Crippen molar-refractivity contribution in [2.45, 2.75) is 25.8 Å². The smallest absolute Gasteiger partial charge is 0.223 e. The van der Waals surface area contributed by atoms with Gasteiger partial charge in [-0.25, -0.2) is 4.98 Å². The van der Waals surface area contributed by atoms with Gasteiger partial charge in [0.15, 0.2) is 0 Å². The van der Waals surface area contributed by atoms with Crippen molar-refractivity contribution < 1.29 is 4.79 Å². The van der Waals surface area contributed by atoms with E-state index in [0.29, 0.717) is 6.54 Å². The molecular formula is C19H18N4OS. The van der Waals surface area contributed by atoms with Gasteiger partial charge in [0.2, 0.25) is 5.91 Å². The summed E-state index contributed by atoms with van der Waals surface area (Å²) in [5.74, 6) is 0.154. The number of nitrogens with one attached hydrogen (secondary N) is 1. The third kappa shape index (κ3) is 3.58. The van der Waals surface area contributed by atoms with E-state index in [1.807, 2.05) is 24.3 Å². The van der Waals surface area contributed by atoms with Crippen molar-refractivity contribution in [2.24, 2.45) is 5.92 Å². The summed E-state index contributed by atoms with van der Waals surface area (Å²) in [6, 6.07) is 7.79. The fraction of sp³-hybridized carbons (Fsp3) is 0.263. The van der Waals surface area contributed by atoms with Gasteiger partial charge in [-0.1, -0.05) is 0 Å². The van der Waals surface area contributed by atoms with Crippen LogP contribution in [0, 0.1) is 5.92 Å². The fourth-order valence-corrected chi connectivity index (χ4v) is 4.24. The van der Waals surface area contributed by atoms with Crippen LogP contribution in [0.2, 0.25) is 0 Å². The summed E-state index contributed by atoms with van der Waals surface area (Å²) < 4.78 is 0. The van der Waals surface area contributed by atoms with E-state index in [1.165, 1.54) is 4.88 Å². The Bertz CT molecular complexity index is 864. The third-order valence-corrected chi connectivity index (χ3v) is 5.62. The number of aromatic nitrogens is 3. The second kappa shape index (κ2) is 7.11. The molecule has 0 spiro atoms. The largest absolute Gasteiger partial charge is 0.352 e. The van der Waals surface area contributed by atoms with Crippen LogP contribution in [-0.2, 0) is 24.2 Å². The lowest BCUT2D eigenvalue weighted by Crippen LogP contribution is -2.33. The first-order valence-corrected chi connectivity index (χ1v) is 9.17. The molecule has 0 aliphatic heterocycles. The van der Waals surface area contributed by atoms with Crippen LogP contribution in [0.1, 0.15) is 22.6 Å². The summed E-state index contributed by atoms with van der Waals surface area (Å²) in [5.41, 5.74) is 3.31. The molecule has 3 aromatic heterocycles. The number of carbonyl (C=O) groups excluding carboxylic acids is 1. The Hall–Kier alpha value is -2.60. The van der Waals surface area contributed by atoms with Crippen LogP contribution in [0.4, 0.5) is 0 Å². The van der Waals surface area contributed by atoms with Crippen molar-refractivity contribution in [3.05, 3.63) is 65.2 Å². The molecule has 1 N–H and O–H groups in total. The molecule has 126 valence electrons. The SMILES string of the molecule is O=C(NCc1ccncc1)C1CCc2nc(-c3ccncc3)sc2C1. The summed E-state index contributed by atoms with van der Waals surface area (Å²) >= 11 is 1.70. The highest BCUT2D eigenvalue weighted by Gasteiger charge is 2.27. The van der Waals surface area contributed by atoms with Gasteiger partial charge in [0.05, 0.1) is 5.69 Å². The number of amides is 1. The van der Waals surface area contributed by atoms with Crippen LogP contribution in [0.3, 0.4) is 0 Å². The summed E-state index contributed by atoms with van der Waals surface area (Å²) in [6.45, 7) is 0.551. The van der Waals surface area contributed by atoms with Gasteiger partial charge in [-0.3, -0.25) is 14.8 Å². The lowest BCUT2D eigenvalue weighted by molar-refractivity contribution is -0.125. The minimum Gasteiger partial charge on any atom is -0.352 e. The normalized spacial score (nSPS) is 16.2. The molecule has 0 bridgehead atoms. The summed E-state index contributed by atoms with van der Waals surface area (Å²) in [4.78, 5) is 26.6. The molecule has 25 heavy (non-hydrogen) atoms. The van der Waals surface area contributed by atoms with E-state index in [1.54, 1.807) is 36.1 Å². The zero-order valence-corrected chi connectivity index (χ0v) is 14.5. The van der Waals surface area contributed by atoms with Crippen LogP contribution in [0.15, 0.2) is 49.1 Å². The van der Waals surface area contributed by atoms with E-state index >= 15 is 0 Å². The predicted molar refractivity (Wildman–Crippen MR) is 96.9 cm³/mol. The second-order valence-electron chi connectivity index (χ2n) is 6.14. The predicted octanol–water partition coefficient (Wildman–Crippen LogP) is 3.02. The first-order chi connectivity index (χ1) is 12.3. The quantitative estimate of drug-likeness (QED) is 0.785. The maximum Gasteiger partial charge on any atom is 0.223 e. The zero-order chi connectivity index (χ0) is 17.1. The lowest BCUT2D eigenvalue weighted by Gasteiger charge is -2.20. The van der Waals surface area contributed by atoms with Gasteiger partial charge < -0.3 is 5.32 Å². The lowest BCUT2D eigenvalue weighted by atomic mass is 9.90. The van der Waals surface area contributed by atoms with Crippen molar-refractivity contribution >= 4 is 17.2 Å². The standard InChI is InChI=1S/C19H18N4OS/c24-18(22-12-13-3-7-20-8-4-13)15-1-2-16-17(11-15)25-19(23-16)14-5-9-21-10-6-14/h3-10,15H,1-2,11-12H2,(H,22,24). The first kappa shape index (κ1) is 15.9. The molecule has 3 heterocycles. The molecule has 1 amide bonds. The number of hydrogen-bond donors (Lipinski definition) is 1. The minimum atomic E-state index is 0.0278. The van der Waals surface area contributed by atoms with Crippen molar-refractivity contribution in [2.75, 3.05) is 0 Å². The fourth-order valence-electron chi connectivity index (χ4n) is 3.05. The summed E-state index contributed by atoms with van der Waals surface area (Å²) in [5, 5.41) is 4.07. The number of rotatable bonds is 4. The number of aryl methyl sites for hydroxylation is 1. The van der Waals surface area contributed by atoms with E-state index in [2.05, 4.69) is 15.3 Å². The van der Waals surface area contributed by atoms with Gasteiger partial charge in [0.1, 0.15) is 5.01 Å². The number of nitrogens with zero attached hydrogens (tertiary/aromatic N) is 3. The summed E-state index contributed by atoms with van der Waals surface area (Å²) in [7, 11) is 0. The van der Waals surface area contributed by atoms with Crippen LogP contribution >= 0.6 is 11.3 Å². The molecule has 6 heteroatoms. The molecular weight excluding hydrogens is 332 g/mol. The Morgan fingerprint density at radius 3 is 2.60 bits per heavy atom. The molecule has 3 aromatic rings. The van der Waals surface area contributed by atoms with Gasteiger partial charge in [0.25, 0.3) is 0 Å². The van der Waals surface area contributed by atoms with E-state index < -0.39 is 0 Å². The van der Waals surface area contributed by atoms with Crippen molar-refractivity contribution in [1.29, 1.82) is 0 Å². The van der Waals surface area contributed by atoms with Crippen LogP contribution in [0.5, 0.6) is 0 Å². The van der Waals surface area contributed by atoms with Crippen LogP contribution in [-0.4, -0.2) is 20.9 Å². The number of carbonyl (C=O) groups is 1. The zero-order valence-electron chi connectivity index (χ0n) is 13.7. The molecule has 1 atom stereocenters. The van der Waals surface area contributed by atoms with Gasteiger partial charge >= 0.3 is 0 Å². The Morgan fingerprint density at radius 1 is 1.12 bits per heavy atom. The molecule has 0 saturated carbocycles. The highest BCUT2D eigenvalue weighted by atomic mass is 32.1. The second-order valence-corrected chi connectivity index (χ2v) is 7.22. The van der Waals surface area contributed by atoms with Gasteiger partial charge in [-0.15, -0.1) is 11.3 Å². The Labute approximate surface area is 150 Å². The molecule has 5 nitrogen and oxygen atoms in total. The number of fused-ring (bicyclic) bond motifs is 1. The number of thiazole rings is 1. The Morgan fingerprint density at radius 2 is 1.84 bits per heavy atom. The van der Waals surface area contributed by atoms with Crippen molar-refractivity contribution in [3.8, 4) is 10.6 Å². The van der Waals surface area contributed by atoms with E-state index in [0.717, 1.165) is 41.1 Å². The topological polar surface area (TPSA) is 67.8 Å². The molecule has 1 unspecified atom stereocenters. The average molecular weight is 350 g/mol. The van der Waals surface area contributed by atoms with Gasteiger partial charge in [0, 0.05) is 47.7 Å². The Kier molecular flexibility index (Phi) is 4.52. The minimum absolute atomic E-state index is 0.0278. The maximum absolute atomic E-state index is 12.5. The Balaban J connectivity index is 1.42. The first-order valence-electron chi connectivity index (χ1n) is 8.35. The molecule has 0 radical (unpaired) electrons. The molecule has 1 aliphatic rings. The highest BCUT2D eigenvalue weighted by Crippen LogP contribution is 2.34. The number of hydrogen-bond acceptors (Lipinski definition) is 5. The van der Waals surface area contributed by atoms with E-state index in [-0.39, 0.29) is 11.8 Å². The number of pyridine rings is 2.